The van der Waals surface area contributed by atoms with Gasteiger partial charge in [0.25, 0.3) is 11.8 Å². The van der Waals surface area contributed by atoms with Gasteiger partial charge in [0.05, 0.1) is 11.2 Å². The van der Waals surface area contributed by atoms with Crippen molar-refractivity contribution >= 4 is 23.2 Å². The van der Waals surface area contributed by atoms with E-state index in [4.69, 9.17) is 0 Å². The second-order valence-electron chi connectivity index (χ2n) is 7.51. The summed E-state index contributed by atoms with van der Waals surface area (Å²) < 4.78 is 13.4. The predicted molar refractivity (Wildman–Crippen MR) is 108 cm³/mol. The van der Waals surface area contributed by atoms with Gasteiger partial charge in [0.1, 0.15) is 10.7 Å². The van der Waals surface area contributed by atoms with Crippen LogP contribution in [0.2, 0.25) is 0 Å². The van der Waals surface area contributed by atoms with Gasteiger partial charge in [0.2, 0.25) is 0 Å². The third-order valence-corrected chi connectivity index (χ3v) is 6.13. The van der Waals surface area contributed by atoms with Gasteiger partial charge in [-0.15, -0.1) is 11.3 Å². The van der Waals surface area contributed by atoms with E-state index in [9.17, 15) is 14.0 Å². The van der Waals surface area contributed by atoms with E-state index in [1.54, 1.807) is 12.3 Å². The zero-order chi connectivity index (χ0) is 20.1. The molecule has 7 heteroatoms. The number of nitrogens with zero attached hydrogens (tertiary/aromatic N) is 1. The lowest BCUT2D eigenvalue weighted by Crippen LogP contribution is -2.55. The number of benzene rings is 1. The van der Waals surface area contributed by atoms with Crippen molar-refractivity contribution in [3.8, 4) is 0 Å². The molecule has 150 valence electrons. The van der Waals surface area contributed by atoms with E-state index in [1.165, 1.54) is 29.5 Å². The van der Waals surface area contributed by atoms with Crippen molar-refractivity contribution in [2.45, 2.75) is 64.0 Å². The summed E-state index contributed by atoms with van der Waals surface area (Å²) >= 11 is 1.38. The van der Waals surface area contributed by atoms with E-state index in [0.717, 1.165) is 37.1 Å². The number of nitrogens with one attached hydrogen (secondary N) is 2. The molecule has 3 rings (SSSR count). The van der Waals surface area contributed by atoms with Crippen LogP contribution in [0.3, 0.4) is 0 Å². The first-order valence-electron chi connectivity index (χ1n) is 9.72. The molecule has 1 aliphatic carbocycles. The Labute approximate surface area is 168 Å². The number of thiazole rings is 1. The molecule has 0 saturated heterocycles. The largest absolute Gasteiger partial charge is 0.349 e. The summed E-state index contributed by atoms with van der Waals surface area (Å²) in [6, 6.07) is 5.64. The molecule has 1 saturated carbocycles. The average molecular weight is 404 g/mol. The number of aryl methyl sites for hydroxylation is 1. The highest BCUT2D eigenvalue weighted by Gasteiger charge is 2.38. The van der Waals surface area contributed by atoms with Gasteiger partial charge in [-0.05, 0) is 57.2 Å². The molecule has 2 atom stereocenters. The number of amides is 2. The third-order valence-electron chi connectivity index (χ3n) is 5.22. The van der Waals surface area contributed by atoms with Gasteiger partial charge in [0.15, 0.2) is 0 Å². The number of rotatable bonds is 6. The maximum atomic E-state index is 13.4. The molecule has 5 nitrogen and oxygen atoms in total. The number of halogens is 1. The molecule has 1 aromatic heterocycles. The Morgan fingerprint density at radius 1 is 1.36 bits per heavy atom. The van der Waals surface area contributed by atoms with Gasteiger partial charge in [-0.3, -0.25) is 9.59 Å². The predicted octanol–water partition coefficient (Wildman–Crippen LogP) is 4.23. The van der Waals surface area contributed by atoms with Crippen molar-refractivity contribution in [1.29, 1.82) is 0 Å². The van der Waals surface area contributed by atoms with Gasteiger partial charge >= 0.3 is 0 Å². The van der Waals surface area contributed by atoms with E-state index in [0.29, 0.717) is 16.9 Å². The second kappa shape index (κ2) is 8.82. The maximum absolute atomic E-state index is 13.4. The van der Waals surface area contributed by atoms with Crippen LogP contribution in [0.15, 0.2) is 30.5 Å². The molecule has 0 bridgehead atoms. The molecule has 1 aromatic carbocycles. The summed E-state index contributed by atoms with van der Waals surface area (Å²) in [6.45, 7) is 3.97. The minimum absolute atomic E-state index is 0.0560. The number of carbonyl (C=O) groups excluding carboxylic acids is 2. The van der Waals surface area contributed by atoms with E-state index in [1.807, 2.05) is 6.92 Å². The fourth-order valence-corrected chi connectivity index (χ4v) is 4.71. The summed E-state index contributed by atoms with van der Waals surface area (Å²) in [5.41, 5.74) is -0.0298. The van der Waals surface area contributed by atoms with Crippen LogP contribution in [0.25, 0.3) is 0 Å². The van der Waals surface area contributed by atoms with Crippen molar-refractivity contribution < 1.29 is 14.0 Å². The Hall–Kier alpha value is -2.28. The number of aromatic nitrogens is 1. The smallest absolute Gasteiger partial charge is 0.263 e. The standard InChI is InChI=1S/C21H26FN3O2S/c1-3-9-21(25-20(27)18-13-23-14(2)28-18)10-5-8-17(12-21)24-19(26)15-6-4-7-16(22)11-15/h4,6-7,11,13,17H,3,5,8-10,12H2,1-2H3,(H,24,26)(H,25,27). The molecule has 0 spiro atoms. The van der Waals surface area contributed by atoms with Gasteiger partial charge in [-0.25, -0.2) is 9.37 Å². The minimum Gasteiger partial charge on any atom is -0.349 e. The van der Waals surface area contributed by atoms with Crippen LogP contribution < -0.4 is 10.6 Å². The zero-order valence-electron chi connectivity index (χ0n) is 16.3. The fourth-order valence-electron chi connectivity index (χ4n) is 4.03. The molecule has 1 aliphatic rings. The highest BCUT2D eigenvalue weighted by atomic mass is 32.1. The van der Waals surface area contributed by atoms with E-state index < -0.39 is 5.82 Å². The van der Waals surface area contributed by atoms with Gasteiger partial charge in [0, 0.05) is 17.1 Å². The van der Waals surface area contributed by atoms with Crippen molar-refractivity contribution in [3.05, 3.63) is 51.7 Å². The van der Waals surface area contributed by atoms with Crippen LogP contribution >= 0.6 is 11.3 Å². The van der Waals surface area contributed by atoms with Crippen LogP contribution in [0.4, 0.5) is 4.39 Å². The molecule has 28 heavy (non-hydrogen) atoms. The van der Waals surface area contributed by atoms with Crippen molar-refractivity contribution in [2.75, 3.05) is 0 Å². The topological polar surface area (TPSA) is 71.1 Å². The van der Waals surface area contributed by atoms with Gasteiger partial charge in [-0.2, -0.15) is 0 Å². The first kappa shape index (κ1) is 20.5. The lowest BCUT2D eigenvalue weighted by molar-refractivity contribution is 0.0821. The van der Waals surface area contributed by atoms with E-state index in [2.05, 4.69) is 22.5 Å². The summed E-state index contributed by atoms with van der Waals surface area (Å²) in [5, 5.41) is 7.12. The number of hydrogen-bond donors (Lipinski definition) is 2. The van der Waals surface area contributed by atoms with Gasteiger partial charge < -0.3 is 10.6 Å². The quantitative estimate of drug-likeness (QED) is 0.758. The number of carbonyl (C=O) groups is 2. The van der Waals surface area contributed by atoms with Crippen LogP contribution in [-0.4, -0.2) is 28.4 Å². The van der Waals surface area contributed by atoms with Crippen molar-refractivity contribution in [1.82, 2.24) is 15.6 Å². The normalized spacial score (nSPS) is 21.9. The molecular formula is C21H26FN3O2S. The molecule has 2 aromatic rings. The first-order chi connectivity index (χ1) is 13.4. The van der Waals surface area contributed by atoms with Crippen molar-refractivity contribution in [2.24, 2.45) is 0 Å². The van der Waals surface area contributed by atoms with Crippen LogP contribution in [0.5, 0.6) is 0 Å². The second-order valence-corrected chi connectivity index (χ2v) is 8.74. The Morgan fingerprint density at radius 3 is 2.86 bits per heavy atom. The zero-order valence-corrected chi connectivity index (χ0v) is 17.1. The molecule has 1 fully saturated rings. The number of hydrogen-bond acceptors (Lipinski definition) is 4. The third kappa shape index (κ3) is 4.95. The fraction of sp³-hybridized carbons (Fsp3) is 0.476. The Bertz CT molecular complexity index is 850. The molecule has 0 radical (unpaired) electrons. The van der Waals surface area contributed by atoms with E-state index >= 15 is 0 Å². The Balaban J connectivity index is 1.70. The molecular weight excluding hydrogens is 377 g/mol. The van der Waals surface area contributed by atoms with Gasteiger partial charge in [-0.1, -0.05) is 19.4 Å². The molecule has 2 N–H and O–H groups in total. The maximum Gasteiger partial charge on any atom is 0.263 e. The molecule has 2 unspecified atom stereocenters. The summed E-state index contributed by atoms with van der Waals surface area (Å²) in [4.78, 5) is 30.0. The summed E-state index contributed by atoms with van der Waals surface area (Å²) in [7, 11) is 0. The van der Waals surface area contributed by atoms with E-state index in [-0.39, 0.29) is 23.4 Å². The monoisotopic (exact) mass is 403 g/mol. The molecule has 0 aliphatic heterocycles. The SMILES string of the molecule is CCCC1(NC(=O)c2cnc(C)s2)CCCC(NC(=O)c2cccc(F)c2)C1. The van der Waals surface area contributed by atoms with Crippen LogP contribution in [-0.2, 0) is 0 Å². The summed E-state index contributed by atoms with van der Waals surface area (Å²) in [5.74, 6) is -0.805. The molecule has 2 amide bonds. The Morgan fingerprint density at radius 2 is 2.18 bits per heavy atom. The minimum atomic E-state index is -0.427. The average Bonchev–Trinajstić information content (AvgIpc) is 3.09. The van der Waals surface area contributed by atoms with Crippen LogP contribution in [0.1, 0.15) is 70.5 Å². The molecule has 1 heterocycles. The lowest BCUT2D eigenvalue weighted by atomic mass is 9.76. The highest BCUT2D eigenvalue weighted by molar-refractivity contribution is 7.13. The highest BCUT2D eigenvalue weighted by Crippen LogP contribution is 2.33. The van der Waals surface area contributed by atoms with Crippen molar-refractivity contribution in [3.63, 3.8) is 0 Å². The Kier molecular flexibility index (Phi) is 6.44. The first-order valence-corrected chi connectivity index (χ1v) is 10.5. The lowest BCUT2D eigenvalue weighted by Gasteiger charge is -2.42. The summed E-state index contributed by atoms with van der Waals surface area (Å²) in [6.07, 6.45) is 6.72. The van der Waals surface area contributed by atoms with Crippen LogP contribution in [0, 0.1) is 12.7 Å².